The number of carbonyl (C=O) groups excluding carboxylic acids is 1. The van der Waals surface area contributed by atoms with E-state index in [0.717, 1.165) is 66.4 Å². The molecule has 2 aromatic carbocycles. The molecule has 3 heterocycles. The average molecular weight is 455 g/mol. The van der Waals surface area contributed by atoms with E-state index in [2.05, 4.69) is 57.2 Å². The van der Waals surface area contributed by atoms with Crippen molar-refractivity contribution >= 4 is 22.8 Å². The molecule has 2 N–H and O–H groups in total. The molecule has 0 saturated carbocycles. The molecule has 0 aliphatic carbocycles. The van der Waals surface area contributed by atoms with E-state index in [-0.39, 0.29) is 11.9 Å². The van der Waals surface area contributed by atoms with Crippen LogP contribution < -0.4 is 5.32 Å². The van der Waals surface area contributed by atoms with Gasteiger partial charge >= 0.3 is 0 Å². The van der Waals surface area contributed by atoms with Crippen molar-refractivity contribution in [3.8, 4) is 11.3 Å². The normalized spacial score (nSPS) is 15.4. The third-order valence-electron chi connectivity index (χ3n) is 6.63. The number of anilines is 1. The predicted octanol–water partition coefficient (Wildman–Crippen LogP) is 4.58. The van der Waals surface area contributed by atoms with Crippen LogP contribution >= 0.6 is 0 Å². The van der Waals surface area contributed by atoms with Gasteiger partial charge in [0.2, 0.25) is 0 Å². The lowest BCUT2D eigenvalue weighted by Gasteiger charge is -2.34. The van der Waals surface area contributed by atoms with E-state index < -0.39 is 0 Å². The Labute approximate surface area is 199 Å². The lowest BCUT2D eigenvalue weighted by atomic mass is 10.1. The summed E-state index contributed by atoms with van der Waals surface area (Å²) in [6.07, 6.45) is 1.57. The Kier molecular flexibility index (Phi) is 6.27. The van der Waals surface area contributed by atoms with Gasteiger partial charge in [0.1, 0.15) is 17.8 Å². The van der Waals surface area contributed by atoms with Crippen LogP contribution in [0.4, 0.5) is 5.82 Å². The monoisotopic (exact) mass is 454 g/mol. The molecular formula is C27H30N6O. The Morgan fingerprint density at radius 3 is 2.47 bits per heavy atom. The van der Waals surface area contributed by atoms with Gasteiger partial charge in [-0.25, -0.2) is 9.97 Å². The van der Waals surface area contributed by atoms with Gasteiger partial charge in [0.25, 0.3) is 5.91 Å². The van der Waals surface area contributed by atoms with Gasteiger partial charge in [-0.2, -0.15) is 0 Å². The van der Waals surface area contributed by atoms with E-state index in [1.165, 1.54) is 5.56 Å². The first-order chi connectivity index (χ1) is 16.6. The maximum absolute atomic E-state index is 12.9. The minimum atomic E-state index is 0.103. The van der Waals surface area contributed by atoms with Gasteiger partial charge in [0.05, 0.1) is 5.39 Å². The molecule has 5 rings (SSSR count). The van der Waals surface area contributed by atoms with Gasteiger partial charge in [-0.1, -0.05) is 49.4 Å². The van der Waals surface area contributed by atoms with Crippen LogP contribution in [0.2, 0.25) is 0 Å². The molecule has 1 unspecified atom stereocenters. The maximum atomic E-state index is 12.9. The lowest BCUT2D eigenvalue weighted by Crippen LogP contribution is -2.48. The molecule has 1 aliphatic heterocycles. The molecule has 1 amide bonds. The fourth-order valence-electron chi connectivity index (χ4n) is 4.48. The number of fused-ring (bicyclic) bond motifs is 1. The van der Waals surface area contributed by atoms with Crippen molar-refractivity contribution in [2.45, 2.75) is 19.9 Å². The quantitative estimate of drug-likeness (QED) is 0.446. The number of benzene rings is 2. The van der Waals surface area contributed by atoms with Gasteiger partial charge in [0.15, 0.2) is 0 Å². The topological polar surface area (TPSA) is 77.2 Å². The molecule has 7 heteroatoms. The second-order valence-electron chi connectivity index (χ2n) is 8.75. The number of rotatable bonds is 6. The van der Waals surface area contributed by atoms with E-state index in [9.17, 15) is 4.79 Å². The van der Waals surface area contributed by atoms with Crippen molar-refractivity contribution in [2.24, 2.45) is 0 Å². The zero-order chi connectivity index (χ0) is 23.5. The number of hydrogen-bond acceptors (Lipinski definition) is 5. The summed E-state index contributed by atoms with van der Waals surface area (Å²) in [7, 11) is 0. The van der Waals surface area contributed by atoms with Gasteiger partial charge in [-0.05, 0) is 42.8 Å². The number of aromatic nitrogens is 3. The number of carbonyl (C=O) groups is 1. The first kappa shape index (κ1) is 22.1. The van der Waals surface area contributed by atoms with Crippen molar-refractivity contribution in [1.29, 1.82) is 0 Å². The summed E-state index contributed by atoms with van der Waals surface area (Å²) in [4.78, 5) is 29.5. The molecule has 1 aliphatic rings. The van der Waals surface area contributed by atoms with Crippen molar-refractivity contribution in [3.05, 3.63) is 78.1 Å². The third-order valence-corrected chi connectivity index (χ3v) is 6.63. The summed E-state index contributed by atoms with van der Waals surface area (Å²) in [5, 5.41) is 4.45. The fourth-order valence-corrected chi connectivity index (χ4v) is 4.48. The highest BCUT2D eigenvalue weighted by Gasteiger charge is 2.21. The molecule has 1 saturated heterocycles. The molecule has 2 aromatic heterocycles. The molecule has 4 aromatic rings. The average Bonchev–Trinajstić information content (AvgIpc) is 3.34. The molecule has 1 fully saturated rings. The van der Waals surface area contributed by atoms with Crippen molar-refractivity contribution in [2.75, 3.05) is 38.0 Å². The molecule has 34 heavy (non-hydrogen) atoms. The molecular weight excluding hydrogens is 424 g/mol. The van der Waals surface area contributed by atoms with E-state index >= 15 is 0 Å². The fraction of sp³-hybridized carbons (Fsp3) is 0.296. The summed E-state index contributed by atoms with van der Waals surface area (Å²) in [5.41, 5.74) is 4.65. The summed E-state index contributed by atoms with van der Waals surface area (Å²) in [6, 6.07) is 20.3. The Balaban J connectivity index is 1.33. The molecule has 0 bridgehead atoms. The van der Waals surface area contributed by atoms with Gasteiger partial charge in [-0.15, -0.1) is 0 Å². The second-order valence-corrected chi connectivity index (χ2v) is 8.75. The first-order valence-electron chi connectivity index (χ1n) is 11.9. The SMILES string of the molecule is CCN1CCN(C(=O)c2ccc(-c3cc4c(NC(C)c5ccccc5)ncnc4[nH]3)cc2)CC1. The van der Waals surface area contributed by atoms with E-state index in [1.54, 1.807) is 6.33 Å². The van der Waals surface area contributed by atoms with Crippen molar-refractivity contribution in [3.63, 3.8) is 0 Å². The molecule has 0 spiro atoms. The summed E-state index contributed by atoms with van der Waals surface area (Å²) in [6.45, 7) is 8.77. The highest BCUT2D eigenvalue weighted by molar-refractivity contribution is 5.95. The summed E-state index contributed by atoms with van der Waals surface area (Å²) >= 11 is 0. The molecule has 7 nitrogen and oxygen atoms in total. The standard InChI is InChI=1S/C27H30N6O/c1-3-32-13-15-33(16-14-32)27(34)22-11-9-21(10-12-22)24-17-23-25(28-18-29-26(23)31-24)30-19(2)20-7-5-4-6-8-20/h4-12,17-19H,3,13-16H2,1-2H3,(H2,28,29,30,31). The number of H-pyrrole nitrogens is 1. The van der Waals surface area contributed by atoms with Crippen LogP contribution in [0.25, 0.3) is 22.3 Å². The van der Waals surface area contributed by atoms with Crippen molar-refractivity contribution in [1.82, 2.24) is 24.8 Å². The number of hydrogen-bond donors (Lipinski definition) is 2. The van der Waals surface area contributed by atoms with Crippen LogP contribution in [-0.2, 0) is 0 Å². The number of nitrogens with zero attached hydrogens (tertiary/aromatic N) is 4. The van der Waals surface area contributed by atoms with Crippen LogP contribution in [0.1, 0.15) is 35.8 Å². The van der Waals surface area contributed by atoms with Crippen LogP contribution in [-0.4, -0.2) is 63.4 Å². The van der Waals surface area contributed by atoms with Crippen molar-refractivity contribution < 1.29 is 4.79 Å². The highest BCUT2D eigenvalue weighted by atomic mass is 16.2. The largest absolute Gasteiger partial charge is 0.363 e. The Bertz CT molecular complexity index is 1260. The zero-order valence-electron chi connectivity index (χ0n) is 19.7. The Morgan fingerprint density at radius 1 is 1.03 bits per heavy atom. The number of aromatic amines is 1. The number of amides is 1. The minimum Gasteiger partial charge on any atom is -0.363 e. The van der Waals surface area contributed by atoms with E-state index in [1.807, 2.05) is 47.4 Å². The van der Waals surface area contributed by atoms with Crippen LogP contribution in [0, 0.1) is 0 Å². The van der Waals surface area contributed by atoms with Gasteiger partial charge in [-0.3, -0.25) is 4.79 Å². The third kappa shape index (κ3) is 4.52. The Hall–Kier alpha value is -3.71. The van der Waals surface area contributed by atoms with Gasteiger partial charge in [0, 0.05) is 43.5 Å². The lowest BCUT2D eigenvalue weighted by molar-refractivity contribution is 0.0643. The minimum absolute atomic E-state index is 0.103. The second kappa shape index (κ2) is 9.65. The number of likely N-dealkylation sites (N-methyl/N-ethyl adjacent to an activating group) is 1. The molecule has 0 radical (unpaired) electrons. The predicted molar refractivity (Wildman–Crippen MR) is 136 cm³/mol. The maximum Gasteiger partial charge on any atom is 0.253 e. The number of nitrogens with one attached hydrogen (secondary N) is 2. The zero-order valence-corrected chi connectivity index (χ0v) is 19.7. The summed E-state index contributed by atoms with van der Waals surface area (Å²) in [5.74, 6) is 0.896. The smallest absolute Gasteiger partial charge is 0.253 e. The van der Waals surface area contributed by atoms with E-state index in [4.69, 9.17) is 0 Å². The van der Waals surface area contributed by atoms with Crippen LogP contribution in [0.3, 0.4) is 0 Å². The Morgan fingerprint density at radius 2 is 1.76 bits per heavy atom. The summed E-state index contributed by atoms with van der Waals surface area (Å²) < 4.78 is 0. The first-order valence-corrected chi connectivity index (χ1v) is 11.9. The number of piperazine rings is 1. The molecule has 1 atom stereocenters. The van der Waals surface area contributed by atoms with Crippen LogP contribution in [0.15, 0.2) is 67.0 Å². The highest BCUT2D eigenvalue weighted by Crippen LogP contribution is 2.29. The van der Waals surface area contributed by atoms with E-state index in [0.29, 0.717) is 0 Å². The van der Waals surface area contributed by atoms with Gasteiger partial charge < -0.3 is 20.1 Å². The van der Waals surface area contributed by atoms with Crippen LogP contribution in [0.5, 0.6) is 0 Å². The molecule has 174 valence electrons.